The highest BCUT2D eigenvalue weighted by Crippen LogP contribution is 2.19. The summed E-state index contributed by atoms with van der Waals surface area (Å²) < 4.78 is 0. The van der Waals surface area contributed by atoms with Crippen LogP contribution in [0.4, 0.5) is 5.69 Å². The Balaban J connectivity index is 2.30. The van der Waals surface area contributed by atoms with Crippen LogP contribution in [0.15, 0.2) is 24.3 Å². The topological polar surface area (TPSA) is 38.0 Å². The van der Waals surface area contributed by atoms with E-state index in [9.17, 15) is 0 Å². The molecule has 3 N–H and O–H groups in total. The average Bonchev–Trinajstić information content (AvgIpc) is 2.24. The van der Waals surface area contributed by atoms with Gasteiger partial charge in [0.15, 0.2) is 0 Å². The molecular weight excluding hydrogens is 208 g/mol. The molecule has 0 saturated heterocycles. The Bertz CT molecular complexity index is 322. The number of hydrogen-bond donors (Lipinski definition) is 2. The van der Waals surface area contributed by atoms with Crippen LogP contribution >= 0.6 is 0 Å². The zero-order chi connectivity index (χ0) is 12.9. The number of hydrogen-bond acceptors (Lipinski definition) is 2. The molecule has 0 spiro atoms. The van der Waals surface area contributed by atoms with Crippen molar-refractivity contribution in [3.8, 4) is 0 Å². The van der Waals surface area contributed by atoms with E-state index in [1.54, 1.807) is 0 Å². The molecule has 0 radical (unpaired) electrons. The van der Waals surface area contributed by atoms with Crippen molar-refractivity contribution < 1.29 is 0 Å². The van der Waals surface area contributed by atoms with Crippen LogP contribution in [-0.4, -0.2) is 13.1 Å². The van der Waals surface area contributed by atoms with Crippen molar-refractivity contribution in [3.63, 3.8) is 0 Å². The predicted molar refractivity (Wildman–Crippen MR) is 76.2 cm³/mol. The van der Waals surface area contributed by atoms with E-state index in [1.165, 1.54) is 12.0 Å². The van der Waals surface area contributed by atoms with Gasteiger partial charge in [-0.3, -0.25) is 0 Å². The van der Waals surface area contributed by atoms with Gasteiger partial charge in [0, 0.05) is 5.69 Å². The standard InChI is InChI=1S/C15H26N2/c1-12(9-10-17-11-15(2,3)4)13-5-7-14(16)8-6-13/h5-8,12,17H,9-11,16H2,1-4H3. The van der Waals surface area contributed by atoms with Crippen LogP contribution in [0.25, 0.3) is 0 Å². The number of benzene rings is 1. The number of rotatable bonds is 5. The van der Waals surface area contributed by atoms with Crippen LogP contribution in [0.1, 0.15) is 45.6 Å². The third-order valence-electron chi connectivity index (χ3n) is 2.91. The molecule has 1 aromatic carbocycles. The highest BCUT2D eigenvalue weighted by molar-refractivity contribution is 5.40. The molecule has 0 amide bonds. The zero-order valence-electron chi connectivity index (χ0n) is 11.6. The van der Waals surface area contributed by atoms with E-state index in [4.69, 9.17) is 5.73 Å². The van der Waals surface area contributed by atoms with E-state index in [0.29, 0.717) is 11.3 Å². The van der Waals surface area contributed by atoms with Gasteiger partial charge < -0.3 is 11.1 Å². The summed E-state index contributed by atoms with van der Waals surface area (Å²) in [4.78, 5) is 0. The Morgan fingerprint density at radius 2 is 1.76 bits per heavy atom. The summed E-state index contributed by atoms with van der Waals surface area (Å²) in [5.41, 5.74) is 8.26. The Hall–Kier alpha value is -1.02. The first-order chi connectivity index (χ1) is 7.88. The lowest BCUT2D eigenvalue weighted by Crippen LogP contribution is -2.28. The second-order valence-electron chi connectivity index (χ2n) is 6.09. The molecule has 0 heterocycles. The van der Waals surface area contributed by atoms with E-state index in [1.807, 2.05) is 12.1 Å². The fraction of sp³-hybridized carbons (Fsp3) is 0.600. The molecule has 0 aliphatic heterocycles. The fourth-order valence-corrected chi connectivity index (χ4v) is 1.77. The number of nitrogen functional groups attached to an aromatic ring is 1. The minimum absolute atomic E-state index is 0.366. The van der Waals surface area contributed by atoms with E-state index in [0.717, 1.165) is 18.8 Å². The van der Waals surface area contributed by atoms with Gasteiger partial charge in [-0.25, -0.2) is 0 Å². The smallest absolute Gasteiger partial charge is 0.0314 e. The maximum absolute atomic E-state index is 5.68. The monoisotopic (exact) mass is 234 g/mol. The summed E-state index contributed by atoms with van der Waals surface area (Å²) in [5, 5.41) is 3.51. The molecule has 1 aromatic rings. The molecule has 0 saturated carbocycles. The second-order valence-corrected chi connectivity index (χ2v) is 6.09. The minimum atomic E-state index is 0.366. The third-order valence-corrected chi connectivity index (χ3v) is 2.91. The second kappa shape index (κ2) is 6.06. The molecule has 1 atom stereocenters. The highest BCUT2D eigenvalue weighted by atomic mass is 14.9. The van der Waals surface area contributed by atoms with Crippen molar-refractivity contribution >= 4 is 5.69 Å². The molecule has 2 heteroatoms. The highest BCUT2D eigenvalue weighted by Gasteiger charge is 2.10. The van der Waals surface area contributed by atoms with E-state index >= 15 is 0 Å². The van der Waals surface area contributed by atoms with Crippen LogP contribution < -0.4 is 11.1 Å². The van der Waals surface area contributed by atoms with Gasteiger partial charge in [-0.1, -0.05) is 39.8 Å². The molecule has 1 rings (SSSR count). The summed E-state index contributed by atoms with van der Waals surface area (Å²) in [7, 11) is 0. The number of nitrogens with one attached hydrogen (secondary N) is 1. The minimum Gasteiger partial charge on any atom is -0.399 e. The summed E-state index contributed by atoms with van der Waals surface area (Å²) >= 11 is 0. The Kier molecular flexibility index (Phi) is 5.01. The lowest BCUT2D eigenvalue weighted by atomic mass is 9.95. The van der Waals surface area contributed by atoms with Crippen LogP contribution in [0, 0.1) is 5.41 Å². The number of nitrogens with two attached hydrogens (primary N) is 1. The van der Waals surface area contributed by atoms with Gasteiger partial charge >= 0.3 is 0 Å². The van der Waals surface area contributed by atoms with Crippen LogP contribution in [0.3, 0.4) is 0 Å². The van der Waals surface area contributed by atoms with Crippen molar-refractivity contribution in [3.05, 3.63) is 29.8 Å². The molecule has 17 heavy (non-hydrogen) atoms. The largest absolute Gasteiger partial charge is 0.399 e. The Morgan fingerprint density at radius 3 is 2.29 bits per heavy atom. The van der Waals surface area contributed by atoms with Crippen LogP contribution in [0.2, 0.25) is 0 Å². The molecular formula is C15H26N2. The van der Waals surface area contributed by atoms with Gasteiger partial charge in [-0.2, -0.15) is 0 Å². The summed E-state index contributed by atoms with van der Waals surface area (Å²) in [5.74, 6) is 0.586. The van der Waals surface area contributed by atoms with E-state index in [-0.39, 0.29) is 0 Å². The van der Waals surface area contributed by atoms with Crippen molar-refractivity contribution in [2.75, 3.05) is 18.8 Å². The normalized spacial score (nSPS) is 13.6. The zero-order valence-corrected chi connectivity index (χ0v) is 11.6. The average molecular weight is 234 g/mol. The first kappa shape index (κ1) is 14.0. The fourth-order valence-electron chi connectivity index (χ4n) is 1.77. The number of anilines is 1. The molecule has 96 valence electrons. The van der Waals surface area contributed by atoms with E-state index in [2.05, 4.69) is 45.1 Å². The van der Waals surface area contributed by atoms with Gasteiger partial charge in [0.2, 0.25) is 0 Å². The molecule has 0 bridgehead atoms. The lowest BCUT2D eigenvalue weighted by molar-refractivity contribution is 0.376. The Labute approximate surface area is 106 Å². The van der Waals surface area contributed by atoms with Crippen molar-refractivity contribution in [2.45, 2.75) is 40.0 Å². The summed E-state index contributed by atoms with van der Waals surface area (Å²) in [6.07, 6.45) is 1.17. The lowest BCUT2D eigenvalue weighted by Gasteiger charge is -2.20. The first-order valence-electron chi connectivity index (χ1n) is 6.44. The van der Waals surface area contributed by atoms with Gasteiger partial charge in [-0.05, 0) is 48.5 Å². The van der Waals surface area contributed by atoms with Crippen molar-refractivity contribution in [1.82, 2.24) is 5.32 Å². The third kappa shape index (κ3) is 5.73. The maximum Gasteiger partial charge on any atom is 0.0314 e. The Morgan fingerprint density at radius 1 is 1.18 bits per heavy atom. The summed E-state index contributed by atoms with van der Waals surface area (Å²) in [6, 6.07) is 8.22. The van der Waals surface area contributed by atoms with Gasteiger partial charge in [-0.15, -0.1) is 0 Å². The molecule has 1 unspecified atom stereocenters. The van der Waals surface area contributed by atoms with Crippen LogP contribution in [-0.2, 0) is 0 Å². The van der Waals surface area contributed by atoms with Gasteiger partial charge in [0.25, 0.3) is 0 Å². The van der Waals surface area contributed by atoms with Crippen molar-refractivity contribution in [2.24, 2.45) is 5.41 Å². The predicted octanol–water partition coefficient (Wildman–Crippen LogP) is 3.40. The SMILES string of the molecule is CC(CCNCC(C)(C)C)c1ccc(N)cc1. The summed E-state index contributed by atoms with van der Waals surface area (Å²) in [6.45, 7) is 11.2. The molecule has 0 aliphatic rings. The molecule has 0 aliphatic carbocycles. The van der Waals surface area contributed by atoms with E-state index < -0.39 is 0 Å². The van der Waals surface area contributed by atoms with Gasteiger partial charge in [0.05, 0.1) is 0 Å². The van der Waals surface area contributed by atoms with Crippen molar-refractivity contribution in [1.29, 1.82) is 0 Å². The quantitative estimate of drug-likeness (QED) is 0.605. The molecule has 0 fully saturated rings. The van der Waals surface area contributed by atoms with Gasteiger partial charge in [0.1, 0.15) is 0 Å². The maximum atomic E-state index is 5.68. The molecule has 0 aromatic heterocycles. The molecule has 2 nitrogen and oxygen atoms in total. The van der Waals surface area contributed by atoms with Crippen LogP contribution in [0.5, 0.6) is 0 Å². The first-order valence-corrected chi connectivity index (χ1v) is 6.44.